The zero-order valence-corrected chi connectivity index (χ0v) is 13.6. The summed E-state index contributed by atoms with van der Waals surface area (Å²) in [6, 6.07) is 3.56. The molecule has 5 nitrogen and oxygen atoms in total. The van der Waals surface area contributed by atoms with Crippen molar-refractivity contribution < 1.29 is 14.0 Å². The summed E-state index contributed by atoms with van der Waals surface area (Å²) in [5.74, 6) is 1.11. The Balaban J connectivity index is 2.21. The third-order valence-electron chi connectivity index (χ3n) is 3.30. The third-order valence-corrected chi connectivity index (χ3v) is 4.18. The van der Waals surface area contributed by atoms with Crippen molar-refractivity contribution in [2.75, 3.05) is 18.0 Å². The maximum absolute atomic E-state index is 12.2. The van der Waals surface area contributed by atoms with Crippen molar-refractivity contribution in [3.8, 4) is 0 Å². The van der Waals surface area contributed by atoms with E-state index in [-0.39, 0.29) is 17.2 Å². The van der Waals surface area contributed by atoms with Crippen LogP contribution in [-0.4, -0.2) is 35.2 Å². The van der Waals surface area contributed by atoms with Crippen LogP contribution in [0.15, 0.2) is 21.5 Å². The van der Waals surface area contributed by atoms with E-state index in [1.165, 1.54) is 4.90 Å². The summed E-state index contributed by atoms with van der Waals surface area (Å²) in [6.07, 6.45) is 1.64. The van der Waals surface area contributed by atoms with Gasteiger partial charge in [-0.15, -0.1) is 0 Å². The minimum Gasteiger partial charge on any atom is -0.441 e. The van der Waals surface area contributed by atoms with Crippen LogP contribution in [0.3, 0.4) is 0 Å². The lowest BCUT2D eigenvalue weighted by Crippen LogP contribution is -2.34. The Labute approximate surface area is 129 Å². The van der Waals surface area contributed by atoms with Crippen molar-refractivity contribution in [1.29, 1.82) is 0 Å². The van der Waals surface area contributed by atoms with Crippen molar-refractivity contribution in [3.63, 3.8) is 0 Å². The molecule has 0 radical (unpaired) electrons. The van der Waals surface area contributed by atoms with E-state index in [9.17, 15) is 9.59 Å². The summed E-state index contributed by atoms with van der Waals surface area (Å²) in [7, 11) is 0. The summed E-state index contributed by atoms with van der Waals surface area (Å²) >= 11 is 0.959. The molecule has 0 spiro atoms. The van der Waals surface area contributed by atoms with Gasteiger partial charge in [0.2, 0.25) is 0 Å². The molecule has 0 unspecified atom stereocenters. The van der Waals surface area contributed by atoms with Gasteiger partial charge in [-0.3, -0.25) is 14.5 Å². The Bertz CT molecular complexity index is 573. The summed E-state index contributed by atoms with van der Waals surface area (Å²) in [5.41, 5.74) is 0. The van der Waals surface area contributed by atoms with E-state index in [2.05, 4.69) is 18.7 Å². The summed E-state index contributed by atoms with van der Waals surface area (Å²) in [5, 5.41) is -0.225. The summed E-state index contributed by atoms with van der Waals surface area (Å²) in [6.45, 7) is 9.47. The molecule has 21 heavy (non-hydrogen) atoms. The van der Waals surface area contributed by atoms with Gasteiger partial charge < -0.3 is 9.32 Å². The van der Waals surface area contributed by atoms with Gasteiger partial charge in [-0.05, 0) is 45.5 Å². The number of furan rings is 1. The number of thioether (sulfide) groups is 1. The minimum absolute atomic E-state index is 0.133. The maximum Gasteiger partial charge on any atom is 0.293 e. The van der Waals surface area contributed by atoms with Crippen LogP contribution < -0.4 is 4.90 Å². The number of carbonyl (C=O) groups excluding carboxylic acids is 2. The van der Waals surface area contributed by atoms with E-state index in [0.717, 1.165) is 30.7 Å². The zero-order valence-electron chi connectivity index (χ0n) is 12.8. The van der Waals surface area contributed by atoms with Crippen molar-refractivity contribution in [2.45, 2.75) is 33.7 Å². The van der Waals surface area contributed by atoms with Gasteiger partial charge in [-0.1, -0.05) is 0 Å². The van der Waals surface area contributed by atoms with E-state index in [0.29, 0.717) is 10.7 Å². The van der Waals surface area contributed by atoms with Crippen molar-refractivity contribution in [2.24, 2.45) is 0 Å². The van der Waals surface area contributed by atoms with Gasteiger partial charge in [-0.2, -0.15) is 0 Å². The van der Waals surface area contributed by atoms with E-state index >= 15 is 0 Å². The molecule has 1 aromatic rings. The molecule has 2 heterocycles. The summed E-state index contributed by atoms with van der Waals surface area (Å²) < 4.78 is 5.72. The Hall–Kier alpha value is -1.69. The van der Waals surface area contributed by atoms with Crippen LogP contribution in [-0.2, 0) is 4.79 Å². The van der Waals surface area contributed by atoms with Crippen LogP contribution in [0, 0.1) is 0 Å². The van der Waals surface area contributed by atoms with Gasteiger partial charge in [0.25, 0.3) is 11.1 Å². The Morgan fingerprint density at radius 2 is 1.95 bits per heavy atom. The maximum atomic E-state index is 12.2. The lowest BCUT2D eigenvalue weighted by atomic mass is 10.3. The molecule has 2 amide bonds. The summed E-state index contributed by atoms with van der Waals surface area (Å²) in [4.78, 5) is 27.8. The smallest absolute Gasteiger partial charge is 0.293 e. The first-order valence-corrected chi connectivity index (χ1v) is 7.91. The van der Waals surface area contributed by atoms with E-state index in [1.54, 1.807) is 6.08 Å². The Kier molecular flexibility index (Phi) is 4.77. The van der Waals surface area contributed by atoms with Crippen LogP contribution in [0.2, 0.25) is 0 Å². The number of rotatable bonds is 5. The normalized spacial score (nSPS) is 17.4. The largest absolute Gasteiger partial charge is 0.441 e. The van der Waals surface area contributed by atoms with Gasteiger partial charge in [0.05, 0.1) is 4.91 Å². The fraction of sp³-hybridized carbons (Fsp3) is 0.467. The van der Waals surface area contributed by atoms with Gasteiger partial charge in [0.1, 0.15) is 5.76 Å². The van der Waals surface area contributed by atoms with Gasteiger partial charge >= 0.3 is 0 Å². The molecule has 0 atom stereocenters. The van der Waals surface area contributed by atoms with E-state index in [1.807, 2.05) is 26.0 Å². The zero-order chi connectivity index (χ0) is 15.6. The quantitative estimate of drug-likeness (QED) is 0.778. The molecule has 114 valence electrons. The molecule has 1 aliphatic heterocycles. The molecular formula is C15H20N2O3S. The van der Waals surface area contributed by atoms with Gasteiger partial charge in [0.15, 0.2) is 5.88 Å². The van der Waals surface area contributed by atoms with Gasteiger partial charge in [-0.25, -0.2) is 0 Å². The first kappa shape index (κ1) is 15.7. The molecule has 1 aromatic heterocycles. The fourth-order valence-electron chi connectivity index (χ4n) is 2.18. The predicted octanol–water partition coefficient (Wildman–Crippen LogP) is 3.57. The predicted molar refractivity (Wildman–Crippen MR) is 85.2 cm³/mol. The Morgan fingerprint density at radius 1 is 1.29 bits per heavy atom. The lowest BCUT2D eigenvalue weighted by Gasteiger charge is -2.16. The second kappa shape index (κ2) is 6.39. The molecule has 0 bridgehead atoms. The van der Waals surface area contributed by atoms with Crippen LogP contribution in [0.5, 0.6) is 0 Å². The number of carbonyl (C=O) groups is 2. The van der Waals surface area contributed by atoms with Crippen molar-refractivity contribution in [3.05, 3.63) is 22.8 Å². The monoisotopic (exact) mass is 308 g/mol. The average molecular weight is 308 g/mol. The standard InChI is InChI=1S/C15H20N2O3S/c1-5-16(6-2)13-8-7-11(20-13)9-12-14(18)17(10(3)4)15(19)21-12/h7-10H,5-6H2,1-4H3/b12-9+. The molecule has 0 aliphatic carbocycles. The lowest BCUT2D eigenvalue weighted by molar-refractivity contribution is -0.123. The van der Waals surface area contributed by atoms with Crippen molar-refractivity contribution >= 4 is 34.9 Å². The SMILES string of the molecule is CCN(CC)c1ccc(/C=C2/SC(=O)N(C(C)C)C2=O)o1. The van der Waals surface area contributed by atoms with E-state index < -0.39 is 0 Å². The number of anilines is 1. The highest BCUT2D eigenvalue weighted by Crippen LogP contribution is 2.34. The van der Waals surface area contributed by atoms with Crippen LogP contribution in [0.25, 0.3) is 6.08 Å². The van der Waals surface area contributed by atoms with Crippen LogP contribution >= 0.6 is 11.8 Å². The van der Waals surface area contributed by atoms with E-state index in [4.69, 9.17) is 4.42 Å². The second-order valence-electron chi connectivity index (χ2n) is 4.99. The van der Waals surface area contributed by atoms with Gasteiger partial charge in [0, 0.05) is 31.3 Å². The van der Waals surface area contributed by atoms with Crippen LogP contribution in [0.1, 0.15) is 33.5 Å². The fourth-order valence-corrected chi connectivity index (χ4v) is 3.12. The van der Waals surface area contributed by atoms with Crippen molar-refractivity contribution in [1.82, 2.24) is 4.90 Å². The molecule has 1 saturated heterocycles. The molecule has 0 saturated carbocycles. The first-order chi connectivity index (χ1) is 9.97. The molecule has 0 aromatic carbocycles. The number of imide groups is 1. The molecular weight excluding hydrogens is 288 g/mol. The number of hydrogen-bond donors (Lipinski definition) is 0. The van der Waals surface area contributed by atoms with Crippen LogP contribution in [0.4, 0.5) is 10.7 Å². The first-order valence-electron chi connectivity index (χ1n) is 7.09. The number of amides is 2. The molecule has 1 aliphatic rings. The molecule has 2 rings (SSSR count). The highest BCUT2D eigenvalue weighted by Gasteiger charge is 2.36. The highest BCUT2D eigenvalue weighted by atomic mass is 32.2. The molecule has 1 fully saturated rings. The third kappa shape index (κ3) is 3.15. The highest BCUT2D eigenvalue weighted by molar-refractivity contribution is 8.18. The number of nitrogens with zero attached hydrogens (tertiary/aromatic N) is 2. The molecule has 6 heteroatoms. The Morgan fingerprint density at radius 3 is 2.48 bits per heavy atom. The molecule has 0 N–H and O–H groups in total. The number of hydrogen-bond acceptors (Lipinski definition) is 5. The average Bonchev–Trinajstić information content (AvgIpc) is 2.97. The second-order valence-corrected chi connectivity index (χ2v) is 5.99. The topological polar surface area (TPSA) is 53.8 Å². The minimum atomic E-state index is -0.249.